The number of carbonyl (C=O) groups is 2. The zero-order valence-corrected chi connectivity index (χ0v) is 20.7. The molecule has 0 bridgehead atoms. The predicted molar refractivity (Wildman–Crippen MR) is 137 cm³/mol. The largest absolute Gasteiger partial charge is 0.493 e. The minimum atomic E-state index is -0.921. The molecule has 3 atom stereocenters. The van der Waals surface area contributed by atoms with E-state index in [1.54, 1.807) is 12.2 Å². The SMILES string of the molecule is CCCOc1ccc([C@H]2[C@H]3C(=O)N(c4ccc(CC)cc4)C(=O)[C@H]3ON2c2ccccc2)cc1OC. The second kappa shape index (κ2) is 10.0. The molecule has 3 aromatic rings. The number of aryl methyl sites for hydroxylation is 1. The smallest absolute Gasteiger partial charge is 0.266 e. The Labute approximate surface area is 211 Å². The summed E-state index contributed by atoms with van der Waals surface area (Å²) in [5.74, 6) is -0.135. The number of para-hydroxylation sites is 1. The minimum Gasteiger partial charge on any atom is -0.493 e. The van der Waals surface area contributed by atoms with Gasteiger partial charge in [-0.15, -0.1) is 0 Å². The van der Waals surface area contributed by atoms with Gasteiger partial charge in [0, 0.05) is 0 Å². The molecule has 2 aliphatic heterocycles. The first-order valence-electron chi connectivity index (χ1n) is 12.4. The van der Waals surface area contributed by atoms with E-state index in [4.69, 9.17) is 14.3 Å². The number of hydrogen-bond acceptors (Lipinski definition) is 6. The molecule has 5 rings (SSSR count). The number of anilines is 2. The van der Waals surface area contributed by atoms with Crippen LogP contribution >= 0.6 is 0 Å². The fourth-order valence-corrected chi connectivity index (χ4v) is 4.89. The van der Waals surface area contributed by atoms with Gasteiger partial charge in [0.25, 0.3) is 5.91 Å². The van der Waals surface area contributed by atoms with Crippen LogP contribution in [-0.4, -0.2) is 31.6 Å². The van der Waals surface area contributed by atoms with Crippen molar-refractivity contribution in [2.24, 2.45) is 5.92 Å². The molecule has 2 fully saturated rings. The maximum Gasteiger partial charge on any atom is 0.266 e. The van der Waals surface area contributed by atoms with Crippen molar-refractivity contribution in [3.63, 3.8) is 0 Å². The second-order valence-electron chi connectivity index (χ2n) is 8.95. The summed E-state index contributed by atoms with van der Waals surface area (Å²) in [5.41, 5.74) is 3.27. The number of nitrogens with zero attached hydrogens (tertiary/aromatic N) is 2. The van der Waals surface area contributed by atoms with Crippen LogP contribution in [0.4, 0.5) is 11.4 Å². The molecule has 2 heterocycles. The van der Waals surface area contributed by atoms with E-state index < -0.39 is 18.1 Å². The number of rotatable bonds is 8. The van der Waals surface area contributed by atoms with Crippen LogP contribution in [0.15, 0.2) is 72.8 Å². The Kier molecular flexibility index (Phi) is 6.65. The third-order valence-corrected chi connectivity index (χ3v) is 6.72. The molecule has 0 spiro atoms. The highest BCUT2D eigenvalue weighted by Crippen LogP contribution is 2.48. The Hall–Kier alpha value is -3.84. The summed E-state index contributed by atoms with van der Waals surface area (Å²) in [6.45, 7) is 4.68. The molecule has 3 aromatic carbocycles. The first kappa shape index (κ1) is 23.9. The number of hydrogen-bond donors (Lipinski definition) is 0. The van der Waals surface area contributed by atoms with Gasteiger partial charge in [0.1, 0.15) is 5.92 Å². The van der Waals surface area contributed by atoms with Crippen molar-refractivity contribution in [2.75, 3.05) is 23.7 Å². The van der Waals surface area contributed by atoms with Gasteiger partial charge in [-0.2, -0.15) is 0 Å². The van der Waals surface area contributed by atoms with E-state index in [1.165, 1.54) is 4.90 Å². The van der Waals surface area contributed by atoms with Gasteiger partial charge >= 0.3 is 0 Å². The van der Waals surface area contributed by atoms with Crippen molar-refractivity contribution in [3.05, 3.63) is 83.9 Å². The van der Waals surface area contributed by atoms with Crippen LogP contribution in [0.2, 0.25) is 0 Å². The Bertz CT molecular complexity index is 1240. The average molecular weight is 487 g/mol. The number of fused-ring (bicyclic) bond motifs is 1. The summed E-state index contributed by atoms with van der Waals surface area (Å²) in [7, 11) is 1.59. The predicted octanol–water partition coefficient (Wildman–Crippen LogP) is 5.10. The topological polar surface area (TPSA) is 68.3 Å². The summed E-state index contributed by atoms with van der Waals surface area (Å²) in [5, 5.41) is 1.68. The monoisotopic (exact) mass is 486 g/mol. The van der Waals surface area contributed by atoms with E-state index >= 15 is 0 Å². The molecule has 2 saturated heterocycles. The minimum absolute atomic E-state index is 0.275. The number of benzene rings is 3. The second-order valence-corrected chi connectivity index (χ2v) is 8.95. The lowest BCUT2D eigenvalue weighted by Gasteiger charge is -2.29. The zero-order chi connectivity index (χ0) is 25.2. The zero-order valence-electron chi connectivity index (χ0n) is 20.7. The Morgan fingerprint density at radius 2 is 1.61 bits per heavy atom. The fraction of sp³-hybridized carbons (Fsp3) is 0.310. The summed E-state index contributed by atoms with van der Waals surface area (Å²) < 4.78 is 11.4. The van der Waals surface area contributed by atoms with Gasteiger partial charge < -0.3 is 9.47 Å². The quantitative estimate of drug-likeness (QED) is 0.413. The van der Waals surface area contributed by atoms with Crippen molar-refractivity contribution in [1.29, 1.82) is 0 Å². The lowest BCUT2D eigenvalue weighted by molar-refractivity contribution is -0.126. The Morgan fingerprint density at radius 3 is 2.28 bits per heavy atom. The van der Waals surface area contributed by atoms with Crippen LogP contribution in [0.3, 0.4) is 0 Å². The van der Waals surface area contributed by atoms with E-state index in [2.05, 4.69) is 6.92 Å². The third kappa shape index (κ3) is 4.09. The van der Waals surface area contributed by atoms with Gasteiger partial charge in [-0.3, -0.25) is 14.4 Å². The van der Waals surface area contributed by atoms with E-state index in [-0.39, 0.29) is 11.8 Å². The van der Waals surface area contributed by atoms with Crippen LogP contribution in [0.25, 0.3) is 0 Å². The lowest BCUT2D eigenvalue weighted by Crippen LogP contribution is -2.37. The van der Waals surface area contributed by atoms with E-state index in [1.807, 2.05) is 79.7 Å². The Morgan fingerprint density at radius 1 is 0.861 bits per heavy atom. The molecule has 7 heteroatoms. The highest BCUT2D eigenvalue weighted by Gasteiger charge is 2.60. The summed E-state index contributed by atoms with van der Waals surface area (Å²) in [4.78, 5) is 34.8. The molecule has 186 valence electrons. The molecule has 0 N–H and O–H groups in total. The molecule has 36 heavy (non-hydrogen) atoms. The molecule has 0 aromatic heterocycles. The standard InChI is InChI=1S/C29H30N2O5/c1-4-17-35-23-16-13-20(18-24(23)34-3)26-25-27(36-31(26)22-9-7-6-8-10-22)29(33)30(28(25)32)21-14-11-19(5-2)12-15-21/h6-16,18,25-27H,4-5,17H2,1-3H3/t25-,26+,27+/m1/s1. The summed E-state index contributed by atoms with van der Waals surface area (Å²) >= 11 is 0. The van der Waals surface area contributed by atoms with Crippen LogP contribution in [0.5, 0.6) is 11.5 Å². The molecule has 7 nitrogen and oxygen atoms in total. The molecule has 0 aliphatic carbocycles. The third-order valence-electron chi connectivity index (χ3n) is 6.72. The number of amides is 2. The molecule has 0 saturated carbocycles. The van der Waals surface area contributed by atoms with Crippen LogP contribution < -0.4 is 19.4 Å². The molecular weight excluding hydrogens is 456 g/mol. The highest BCUT2D eigenvalue weighted by molar-refractivity contribution is 6.23. The molecule has 0 radical (unpaired) electrons. The van der Waals surface area contributed by atoms with Crippen molar-refractivity contribution in [1.82, 2.24) is 0 Å². The summed E-state index contributed by atoms with van der Waals surface area (Å²) in [6.07, 6.45) is 0.832. The fourth-order valence-electron chi connectivity index (χ4n) is 4.89. The van der Waals surface area contributed by atoms with E-state index in [0.29, 0.717) is 23.8 Å². The number of imide groups is 1. The maximum atomic E-state index is 13.8. The molecule has 0 unspecified atom stereocenters. The van der Waals surface area contributed by atoms with E-state index in [0.717, 1.165) is 29.7 Å². The van der Waals surface area contributed by atoms with Crippen LogP contribution in [0.1, 0.15) is 37.4 Å². The highest BCUT2D eigenvalue weighted by atomic mass is 16.7. The molecule has 2 amide bonds. The van der Waals surface area contributed by atoms with Gasteiger partial charge in [0.2, 0.25) is 5.91 Å². The number of methoxy groups -OCH3 is 1. The molecular formula is C29H30N2O5. The number of hydroxylamine groups is 1. The average Bonchev–Trinajstić information content (AvgIpc) is 3.43. The van der Waals surface area contributed by atoms with Gasteiger partial charge in [-0.05, 0) is 60.4 Å². The van der Waals surface area contributed by atoms with Gasteiger partial charge in [-0.1, -0.05) is 50.2 Å². The molecule has 2 aliphatic rings. The van der Waals surface area contributed by atoms with Gasteiger partial charge in [0.05, 0.1) is 31.1 Å². The van der Waals surface area contributed by atoms with Gasteiger partial charge in [0.15, 0.2) is 17.6 Å². The van der Waals surface area contributed by atoms with Crippen molar-refractivity contribution in [2.45, 2.75) is 38.8 Å². The Balaban J connectivity index is 1.55. The van der Waals surface area contributed by atoms with E-state index in [9.17, 15) is 9.59 Å². The van der Waals surface area contributed by atoms with Crippen LogP contribution in [-0.2, 0) is 20.8 Å². The van der Waals surface area contributed by atoms with Crippen molar-refractivity contribution >= 4 is 23.2 Å². The number of ether oxygens (including phenoxy) is 2. The van der Waals surface area contributed by atoms with Crippen molar-refractivity contribution in [3.8, 4) is 11.5 Å². The first-order valence-corrected chi connectivity index (χ1v) is 12.4. The first-order chi connectivity index (χ1) is 17.6. The van der Waals surface area contributed by atoms with Crippen LogP contribution in [0, 0.1) is 5.92 Å². The maximum absolute atomic E-state index is 13.8. The number of carbonyl (C=O) groups excluding carboxylic acids is 2. The normalized spacial score (nSPS) is 21.1. The summed E-state index contributed by atoms with van der Waals surface area (Å²) in [6, 6.07) is 22.2. The van der Waals surface area contributed by atoms with Crippen molar-refractivity contribution < 1.29 is 23.9 Å². The van der Waals surface area contributed by atoms with Gasteiger partial charge in [-0.25, -0.2) is 9.96 Å². The lowest BCUT2D eigenvalue weighted by atomic mass is 9.90.